The topological polar surface area (TPSA) is 52.0 Å². The van der Waals surface area contributed by atoms with Crippen molar-refractivity contribution in [2.75, 3.05) is 0 Å². The molecular formula is C17H16N2OS. The summed E-state index contributed by atoms with van der Waals surface area (Å²) in [7, 11) is -0.470. The van der Waals surface area contributed by atoms with Gasteiger partial charge in [0.25, 0.3) is 0 Å². The highest BCUT2D eigenvalue weighted by molar-refractivity contribution is 8.12. The number of benzene rings is 2. The van der Waals surface area contributed by atoms with Crippen LogP contribution in [-0.2, 0) is 0 Å². The van der Waals surface area contributed by atoms with E-state index in [2.05, 4.69) is 11.0 Å². The van der Waals surface area contributed by atoms with Crippen LogP contribution in [0.15, 0.2) is 64.0 Å². The lowest BCUT2D eigenvalue weighted by Gasteiger charge is -2.05. The predicted molar refractivity (Wildman–Crippen MR) is 89.3 cm³/mol. The first-order chi connectivity index (χ1) is 10.2. The molecule has 1 aromatic heterocycles. The van der Waals surface area contributed by atoms with Gasteiger partial charge >= 0.3 is 0 Å². The van der Waals surface area contributed by atoms with Crippen molar-refractivity contribution >= 4 is 16.5 Å². The van der Waals surface area contributed by atoms with Crippen LogP contribution in [0.3, 0.4) is 0 Å². The van der Waals surface area contributed by atoms with Crippen LogP contribution < -0.4 is 5.14 Å². The van der Waals surface area contributed by atoms with Gasteiger partial charge in [-0.3, -0.25) is 5.14 Å². The standard InChI is InChI=1S/C17H16N2OS/c1-12-16(13-8-10-15(11-9-13)21(2)18)17(19-20-12)14-6-4-3-5-7-14/h3-11H,2,18H2,1H3. The zero-order chi connectivity index (χ0) is 14.8. The fraction of sp³-hybridized carbons (Fsp3) is 0.0588. The minimum atomic E-state index is -0.470. The number of hydrogen-bond acceptors (Lipinski definition) is 3. The van der Waals surface area contributed by atoms with Crippen molar-refractivity contribution < 1.29 is 4.52 Å². The molecule has 3 nitrogen and oxygen atoms in total. The average Bonchev–Trinajstić information content (AvgIpc) is 2.90. The highest BCUT2D eigenvalue weighted by atomic mass is 32.2. The van der Waals surface area contributed by atoms with Crippen LogP contribution in [-0.4, -0.2) is 11.0 Å². The summed E-state index contributed by atoms with van der Waals surface area (Å²) in [4.78, 5) is 1.04. The van der Waals surface area contributed by atoms with E-state index in [1.165, 1.54) is 0 Å². The summed E-state index contributed by atoms with van der Waals surface area (Å²) in [5.74, 6) is 4.67. The van der Waals surface area contributed by atoms with Gasteiger partial charge in [-0.25, -0.2) is 0 Å². The number of aromatic nitrogens is 1. The van der Waals surface area contributed by atoms with Gasteiger partial charge in [-0.2, -0.15) is 0 Å². The summed E-state index contributed by atoms with van der Waals surface area (Å²) in [5.41, 5.74) is 4.00. The molecule has 0 aliphatic rings. The molecule has 1 unspecified atom stereocenters. The van der Waals surface area contributed by atoms with Gasteiger partial charge in [0.05, 0.1) is 5.56 Å². The van der Waals surface area contributed by atoms with Crippen molar-refractivity contribution in [1.82, 2.24) is 5.16 Å². The first kappa shape index (κ1) is 13.8. The summed E-state index contributed by atoms with van der Waals surface area (Å²) in [6.07, 6.45) is 0. The van der Waals surface area contributed by atoms with E-state index in [0.717, 1.165) is 33.0 Å². The number of nitrogens with zero attached hydrogens (tertiary/aromatic N) is 1. The van der Waals surface area contributed by atoms with Crippen molar-refractivity contribution in [1.29, 1.82) is 0 Å². The van der Waals surface area contributed by atoms with Crippen LogP contribution in [0, 0.1) is 6.92 Å². The van der Waals surface area contributed by atoms with Gasteiger partial charge in [-0.05, 0) is 24.6 Å². The molecule has 1 heterocycles. The normalized spacial score (nSPS) is 12.3. The van der Waals surface area contributed by atoms with Crippen LogP contribution in [0.2, 0.25) is 0 Å². The van der Waals surface area contributed by atoms with E-state index in [-0.39, 0.29) is 0 Å². The lowest BCUT2D eigenvalue weighted by molar-refractivity contribution is 0.400. The van der Waals surface area contributed by atoms with Gasteiger partial charge in [0.15, 0.2) is 0 Å². The Kier molecular flexibility index (Phi) is 3.73. The predicted octanol–water partition coefficient (Wildman–Crippen LogP) is 4.25. The van der Waals surface area contributed by atoms with Crippen molar-refractivity contribution in [3.63, 3.8) is 0 Å². The Balaban J connectivity index is 2.10. The minimum Gasteiger partial charge on any atom is -0.360 e. The molecule has 21 heavy (non-hydrogen) atoms. The molecule has 0 aliphatic carbocycles. The van der Waals surface area contributed by atoms with Gasteiger partial charge in [0, 0.05) is 10.5 Å². The van der Waals surface area contributed by atoms with E-state index in [1.54, 1.807) is 0 Å². The smallest absolute Gasteiger partial charge is 0.142 e. The van der Waals surface area contributed by atoms with E-state index in [1.807, 2.05) is 61.5 Å². The van der Waals surface area contributed by atoms with Crippen molar-refractivity contribution in [3.8, 4) is 22.4 Å². The Morgan fingerprint density at radius 1 is 1.00 bits per heavy atom. The monoisotopic (exact) mass is 296 g/mol. The molecule has 0 fully saturated rings. The second kappa shape index (κ2) is 5.68. The summed E-state index contributed by atoms with van der Waals surface area (Å²) in [6, 6.07) is 18.1. The SMILES string of the molecule is C=S(N)c1ccc(-c2c(-c3ccccc3)noc2C)cc1. The first-order valence-electron chi connectivity index (χ1n) is 6.57. The third-order valence-corrected chi connectivity index (χ3v) is 4.23. The van der Waals surface area contributed by atoms with E-state index < -0.39 is 10.7 Å². The Morgan fingerprint density at radius 3 is 2.29 bits per heavy atom. The van der Waals surface area contributed by atoms with Crippen LogP contribution in [0.25, 0.3) is 22.4 Å². The number of aryl methyl sites for hydroxylation is 1. The summed E-state index contributed by atoms with van der Waals surface area (Å²) >= 11 is 0. The van der Waals surface area contributed by atoms with E-state index >= 15 is 0 Å². The molecule has 0 saturated carbocycles. The maximum Gasteiger partial charge on any atom is 0.142 e. The van der Waals surface area contributed by atoms with Crippen LogP contribution in [0.1, 0.15) is 5.76 Å². The molecule has 4 heteroatoms. The van der Waals surface area contributed by atoms with Gasteiger partial charge in [-0.1, -0.05) is 64.2 Å². The highest BCUT2D eigenvalue weighted by Crippen LogP contribution is 2.34. The first-order valence-corrected chi connectivity index (χ1v) is 8.03. The van der Waals surface area contributed by atoms with Crippen LogP contribution >= 0.6 is 10.7 Å². The molecule has 3 rings (SSSR count). The van der Waals surface area contributed by atoms with Gasteiger partial charge in [0.1, 0.15) is 11.5 Å². The molecule has 0 bridgehead atoms. The fourth-order valence-electron chi connectivity index (χ4n) is 2.30. The zero-order valence-corrected chi connectivity index (χ0v) is 12.6. The van der Waals surface area contributed by atoms with Crippen LogP contribution in [0.4, 0.5) is 0 Å². The van der Waals surface area contributed by atoms with Gasteiger partial charge < -0.3 is 4.52 Å². The molecule has 3 aromatic rings. The Morgan fingerprint density at radius 2 is 1.67 bits per heavy atom. The molecule has 2 N–H and O–H groups in total. The van der Waals surface area contributed by atoms with E-state index in [9.17, 15) is 0 Å². The van der Waals surface area contributed by atoms with Crippen molar-refractivity contribution in [2.45, 2.75) is 11.8 Å². The quantitative estimate of drug-likeness (QED) is 0.735. The molecule has 1 atom stereocenters. The van der Waals surface area contributed by atoms with E-state index in [0.29, 0.717) is 0 Å². The minimum absolute atomic E-state index is 0.470. The van der Waals surface area contributed by atoms with Gasteiger partial charge in [-0.15, -0.1) is 0 Å². The van der Waals surface area contributed by atoms with Crippen molar-refractivity contribution in [2.24, 2.45) is 5.14 Å². The number of hydrogen-bond donors (Lipinski definition) is 1. The van der Waals surface area contributed by atoms with Gasteiger partial charge in [0.2, 0.25) is 0 Å². The lowest BCUT2D eigenvalue weighted by atomic mass is 10.00. The Labute approximate surface area is 126 Å². The molecule has 106 valence electrons. The van der Waals surface area contributed by atoms with Crippen molar-refractivity contribution in [3.05, 3.63) is 60.4 Å². The average molecular weight is 296 g/mol. The molecule has 0 amide bonds. The highest BCUT2D eigenvalue weighted by Gasteiger charge is 2.16. The Bertz CT molecular complexity index is 776. The molecular weight excluding hydrogens is 280 g/mol. The van der Waals surface area contributed by atoms with Crippen LogP contribution in [0.5, 0.6) is 0 Å². The lowest BCUT2D eigenvalue weighted by Crippen LogP contribution is -1.87. The number of rotatable bonds is 3. The molecule has 0 aliphatic heterocycles. The zero-order valence-electron chi connectivity index (χ0n) is 11.7. The molecule has 0 spiro atoms. The molecule has 2 aromatic carbocycles. The largest absolute Gasteiger partial charge is 0.360 e. The number of nitrogens with two attached hydrogens (primary N) is 1. The molecule has 0 radical (unpaired) electrons. The van der Waals surface area contributed by atoms with E-state index in [4.69, 9.17) is 9.66 Å². The molecule has 0 saturated heterocycles. The second-order valence-electron chi connectivity index (χ2n) is 4.78. The maximum absolute atomic E-state index is 5.82. The summed E-state index contributed by atoms with van der Waals surface area (Å²) < 4.78 is 5.40. The fourth-order valence-corrected chi connectivity index (χ4v) is 2.79. The third kappa shape index (κ3) is 2.68. The summed E-state index contributed by atoms with van der Waals surface area (Å²) in [5, 5.41) is 10.0. The summed E-state index contributed by atoms with van der Waals surface area (Å²) in [6.45, 7) is 1.93. The third-order valence-electron chi connectivity index (χ3n) is 3.36. The Hall–Kier alpha value is -2.17. The second-order valence-corrected chi connectivity index (χ2v) is 6.11. The maximum atomic E-state index is 5.82.